The second-order valence-corrected chi connectivity index (χ2v) is 17.7. The lowest BCUT2D eigenvalue weighted by Gasteiger charge is -2.41. The molecule has 1 heterocycles. The van der Waals surface area contributed by atoms with Gasteiger partial charge in [-0.15, -0.1) is 0 Å². The van der Waals surface area contributed by atoms with Crippen molar-refractivity contribution in [1.29, 1.82) is 0 Å². The van der Waals surface area contributed by atoms with Crippen molar-refractivity contribution in [3.8, 4) is 0 Å². The summed E-state index contributed by atoms with van der Waals surface area (Å²) >= 11 is 0. The van der Waals surface area contributed by atoms with Crippen LogP contribution in [0.25, 0.3) is 0 Å². The largest absolute Gasteiger partial charge is 0.472 e. The number of unbranched alkanes of at least 4 members (excludes halogenated alkanes) is 11. The van der Waals surface area contributed by atoms with Gasteiger partial charge in [0.05, 0.1) is 18.8 Å². The highest BCUT2D eigenvalue weighted by Gasteiger charge is 2.51. The molecule has 15 heteroatoms. The summed E-state index contributed by atoms with van der Waals surface area (Å²) in [4.78, 5) is 35.7. The summed E-state index contributed by atoms with van der Waals surface area (Å²) in [6.07, 6.45) is 28.8. The van der Waals surface area contributed by atoms with E-state index in [1.54, 1.807) is 0 Å². The molecule has 2 rings (SSSR count). The van der Waals surface area contributed by atoms with E-state index in [9.17, 15) is 44.6 Å². The predicted octanol–water partition coefficient (Wildman–Crippen LogP) is 7.93. The first-order valence-electron chi connectivity index (χ1n) is 23.2. The number of aliphatic hydroxyl groups is 5. The minimum atomic E-state index is -5.14. The van der Waals surface area contributed by atoms with Gasteiger partial charge in [-0.3, -0.25) is 18.6 Å². The van der Waals surface area contributed by atoms with Gasteiger partial charge in [0, 0.05) is 12.8 Å². The van der Waals surface area contributed by atoms with E-state index in [4.69, 9.17) is 23.3 Å². The normalized spacial score (nSPS) is 25.7. The number of epoxide rings is 1. The Balaban J connectivity index is 1.73. The molecule has 5 unspecified atom stereocenters. The van der Waals surface area contributed by atoms with Crippen molar-refractivity contribution in [2.75, 3.05) is 13.2 Å². The van der Waals surface area contributed by atoms with Crippen molar-refractivity contribution < 1.29 is 67.8 Å². The number of ether oxygens (including phenoxy) is 3. The molecule has 14 nitrogen and oxygen atoms in total. The molecule has 0 bridgehead atoms. The Kier molecular flexibility index (Phi) is 30.5. The molecule has 1 aliphatic heterocycles. The number of carbonyl (C=O) groups is 2. The Morgan fingerprint density at radius 2 is 1.08 bits per heavy atom. The Hall–Kier alpha value is -2.49. The molecule has 6 N–H and O–H groups in total. The quantitative estimate of drug-likeness (QED) is 0.0116. The smallest absolute Gasteiger partial charge is 0.462 e. The van der Waals surface area contributed by atoms with Gasteiger partial charge in [0.15, 0.2) is 6.10 Å². The molecule has 0 aromatic carbocycles. The summed E-state index contributed by atoms with van der Waals surface area (Å²) in [6, 6.07) is 0. The number of phosphoric ester groups is 1. The third-order valence-corrected chi connectivity index (χ3v) is 11.7. The number of hydrogen-bond donors (Lipinski definition) is 6. The minimum absolute atomic E-state index is 0.0640. The molecular weight excluding hydrogens is 819 g/mol. The van der Waals surface area contributed by atoms with Crippen LogP contribution in [-0.2, 0) is 37.4 Å². The SMILES string of the molecule is CCCCC/C=C\C/C=C\CCCCCCCC(=O)O[C@H](COC(=O)CCC/C=C\C/C=C\C/C=C\CC1OC1CCCCC)COP(=O)(O)OC1[C@H](O)[C@H](O)C(O)[C@H](O)[C@H]1O. The van der Waals surface area contributed by atoms with Gasteiger partial charge in [-0.1, -0.05) is 126 Å². The zero-order chi connectivity index (χ0) is 45.4. The van der Waals surface area contributed by atoms with Crippen LogP contribution in [0.1, 0.15) is 155 Å². The van der Waals surface area contributed by atoms with Gasteiger partial charge < -0.3 is 44.6 Å². The number of rotatable bonds is 36. The fourth-order valence-corrected chi connectivity index (χ4v) is 7.85. The first-order chi connectivity index (χ1) is 29.9. The van der Waals surface area contributed by atoms with E-state index < -0.39 is 75.7 Å². The van der Waals surface area contributed by atoms with Crippen LogP contribution in [-0.4, -0.2) is 111 Å². The summed E-state index contributed by atoms with van der Waals surface area (Å²) in [5, 5.41) is 50.1. The molecule has 1 aliphatic carbocycles. The second kappa shape index (κ2) is 33.9. The number of carbonyl (C=O) groups excluding carboxylic acids is 2. The topological polar surface area (TPSA) is 222 Å². The average molecular weight is 899 g/mol. The maximum absolute atomic E-state index is 12.8. The van der Waals surface area contributed by atoms with Crippen molar-refractivity contribution >= 4 is 19.8 Å². The molecule has 0 amide bonds. The summed E-state index contributed by atoms with van der Waals surface area (Å²) < 4.78 is 39.2. The van der Waals surface area contributed by atoms with Crippen LogP contribution in [0.4, 0.5) is 0 Å². The van der Waals surface area contributed by atoms with E-state index in [0.29, 0.717) is 31.5 Å². The third-order valence-electron chi connectivity index (χ3n) is 10.8. The second-order valence-electron chi connectivity index (χ2n) is 16.3. The van der Waals surface area contributed by atoms with Gasteiger partial charge in [-0.25, -0.2) is 4.57 Å². The predicted molar refractivity (Wildman–Crippen MR) is 239 cm³/mol. The van der Waals surface area contributed by atoms with E-state index >= 15 is 0 Å². The maximum Gasteiger partial charge on any atom is 0.472 e. The number of hydrogen-bond acceptors (Lipinski definition) is 13. The third kappa shape index (κ3) is 25.7. The van der Waals surface area contributed by atoms with Crippen LogP contribution in [0.15, 0.2) is 60.8 Å². The zero-order valence-electron chi connectivity index (χ0n) is 37.3. The van der Waals surface area contributed by atoms with E-state index in [1.807, 2.05) is 12.2 Å². The standard InChI is InChI=1S/C47H79O14P/c1-3-5-7-8-9-10-11-12-13-14-15-20-23-26-30-34-41(49)59-37(36-58-62(55,56)61-47-45(53)43(51)42(50)44(52)46(47)54)35-57-40(48)33-29-25-22-19-17-16-18-21-24-28-32-39-38(60-39)31-27-6-4-2/h9-10,12-13,16,18-19,22,24,28,37-39,42-47,50-54H,3-8,11,14-15,17,20-21,23,25-27,29-36H2,1-2H3,(H,55,56)/b10-9-,13-12-,18-16-,22-19-,28-24-/t37-,38?,39?,42?,43-,44+,45-,46-,47?/m1/s1. The van der Waals surface area contributed by atoms with Gasteiger partial charge in [-0.05, 0) is 77.0 Å². The van der Waals surface area contributed by atoms with Gasteiger partial charge in [0.2, 0.25) is 0 Å². The van der Waals surface area contributed by atoms with Crippen molar-refractivity contribution in [2.24, 2.45) is 0 Å². The monoisotopic (exact) mass is 899 g/mol. The van der Waals surface area contributed by atoms with Gasteiger partial charge in [0.1, 0.15) is 43.2 Å². The van der Waals surface area contributed by atoms with Crippen LogP contribution in [0, 0.1) is 0 Å². The van der Waals surface area contributed by atoms with E-state index in [0.717, 1.165) is 70.6 Å². The molecule has 0 radical (unpaired) electrons. The number of esters is 2. The molecule has 356 valence electrons. The zero-order valence-corrected chi connectivity index (χ0v) is 38.2. The van der Waals surface area contributed by atoms with Crippen molar-refractivity contribution in [3.05, 3.63) is 60.8 Å². The Labute approximate surface area is 370 Å². The summed E-state index contributed by atoms with van der Waals surface area (Å²) in [5.41, 5.74) is 0. The number of allylic oxidation sites excluding steroid dienone is 9. The lowest BCUT2D eigenvalue weighted by atomic mass is 9.85. The average Bonchev–Trinajstić information content (AvgIpc) is 4.01. The molecule has 2 aliphatic rings. The van der Waals surface area contributed by atoms with Gasteiger partial charge >= 0.3 is 19.8 Å². The fourth-order valence-electron chi connectivity index (χ4n) is 6.87. The first-order valence-corrected chi connectivity index (χ1v) is 24.7. The number of phosphoric acid groups is 1. The number of aliphatic hydroxyl groups excluding tert-OH is 5. The van der Waals surface area contributed by atoms with Crippen LogP contribution >= 0.6 is 7.82 Å². The summed E-state index contributed by atoms with van der Waals surface area (Å²) in [6.45, 7) is 3.17. The molecule has 2 fully saturated rings. The van der Waals surface area contributed by atoms with Crippen LogP contribution in [0.3, 0.4) is 0 Å². The maximum atomic E-state index is 12.8. The van der Waals surface area contributed by atoms with Crippen LogP contribution in [0.5, 0.6) is 0 Å². The van der Waals surface area contributed by atoms with Crippen LogP contribution in [0.2, 0.25) is 0 Å². The highest BCUT2D eigenvalue weighted by molar-refractivity contribution is 7.47. The lowest BCUT2D eigenvalue weighted by Crippen LogP contribution is -2.64. The molecule has 1 saturated heterocycles. The molecule has 0 aromatic heterocycles. The molecule has 1 saturated carbocycles. The summed E-state index contributed by atoms with van der Waals surface area (Å²) in [7, 11) is -5.14. The fraction of sp³-hybridized carbons (Fsp3) is 0.745. The highest BCUT2D eigenvalue weighted by Crippen LogP contribution is 2.47. The van der Waals surface area contributed by atoms with E-state index in [-0.39, 0.29) is 12.8 Å². The molecule has 62 heavy (non-hydrogen) atoms. The molecular formula is C47H79O14P. The molecule has 0 aromatic rings. The first kappa shape index (κ1) is 55.6. The van der Waals surface area contributed by atoms with E-state index in [2.05, 4.69) is 62.5 Å². The van der Waals surface area contributed by atoms with E-state index in [1.165, 1.54) is 38.5 Å². The van der Waals surface area contributed by atoms with Crippen LogP contribution < -0.4 is 0 Å². The minimum Gasteiger partial charge on any atom is -0.462 e. The Morgan fingerprint density at radius 1 is 0.581 bits per heavy atom. The van der Waals surface area contributed by atoms with Crippen molar-refractivity contribution in [3.63, 3.8) is 0 Å². The highest BCUT2D eigenvalue weighted by atomic mass is 31.2. The molecule has 0 spiro atoms. The van der Waals surface area contributed by atoms with Crippen molar-refractivity contribution in [2.45, 2.75) is 210 Å². The Bertz CT molecular complexity index is 1380. The Morgan fingerprint density at radius 3 is 1.71 bits per heavy atom. The van der Waals surface area contributed by atoms with Gasteiger partial charge in [-0.2, -0.15) is 0 Å². The molecule has 10 atom stereocenters. The summed E-state index contributed by atoms with van der Waals surface area (Å²) in [5.74, 6) is -1.19. The van der Waals surface area contributed by atoms with Gasteiger partial charge in [0.25, 0.3) is 0 Å². The lowest BCUT2D eigenvalue weighted by molar-refractivity contribution is -0.220. The van der Waals surface area contributed by atoms with Crippen molar-refractivity contribution in [1.82, 2.24) is 0 Å².